The zero-order valence-corrected chi connectivity index (χ0v) is 18.3. The number of nitrogens with one attached hydrogen (secondary N) is 1. The van der Waals surface area contributed by atoms with E-state index in [0.29, 0.717) is 36.7 Å². The molecule has 5 rings (SSSR count). The number of carbonyl (C=O) groups excluding carboxylic acids is 1. The first-order valence-electron chi connectivity index (χ1n) is 10.4. The molecule has 2 aromatic heterocycles. The molecule has 33 heavy (non-hydrogen) atoms. The van der Waals surface area contributed by atoms with Crippen molar-refractivity contribution < 1.29 is 13.9 Å². The van der Waals surface area contributed by atoms with Gasteiger partial charge in [0.25, 0.3) is 5.56 Å². The van der Waals surface area contributed by atoms with Gasteiger partial charge < -0.3 is 15.0 Å². The quantitative estimate of drug-likeness (QED) is 0.487. The monoisotopic (exact) mass is 465 g/mol. The van der Waals surface area contributed by atoms with Crippen LogP contribution in [0.25, 0.3) is 21.5 Å². The average Bonchev–Trinajstić information content (AvgIpc) is 3.29. The normalized spacial score (nSPS) is 13.9. The lowest BCUT2D eigenvalue weighted by molar-refractivity contribution is -0.117. The Morgan fingerprint density at radius 3 is 2.58 bits per heavy atom. The molecule has 4 aromatic rings. The minimum absolute atomic E-state index is 0.0446. The van der Waals surface area contributed by atoms with E-state index in [9.17, 15) is 14.0 Å². The van der Waals surface area contributed by atoms with Crippen molar-refractivity contribution in [3.63, 3.8) is 0 Å². The number of aromatic nitrogens is 3. The molecule has 1 saturated heterocycles. The first kappa shape index (κ1) is 21.2. The Morgan fingerprint density at radius 2 is 1.82 bits per heavy atom. The fourth-order valence-corrected chi connectivity index (χ4v) is 4.73. The van der Waals surface area contributed by atoms with Crippen LogP contribution in [0.4, 0.5) is 15.2 Å². The van der Waals surface area contributed by atoms with Crippen LogP contribution in [0.5, 0.6) is 0 Å². The number of halogens is 1. The largest absolute Gasteiger partial charge is 0.378 e. The second-order valence-corrected chi connectivity index (χ2v) is 8.46. The summed E-state index contributed by atoms with van der Waals surface area (Å²) in [7, 11) is 0. The number of fused-ring (bicyclic) bond motifs is 1. The van der Waals surface area contributed by atoms with Gasteiger partial charge in [-0.2, -0.15) is 5.10 Å². The first-order chi connectivity index (χ1) is 16.1. The molecule has 0 bridgehead atoms. The fourth-order valence-electron chi connectivity index (χ4n) is 3.62. The molecular weight excluding hydrogens is 445 g/mol. The number of thiazole rings is 1. The third-order valence-electron chi connectivity index (χ3n) is 5.26. The summed E-state index contributed by atoms with van der Waals surface area (Å²) >= 11 is 1.40. The molecule has 0 aliphatic carbocycles. The number of carbonyl (C=O) groups is 1. The number of benzene rings is 2. The topological polar surface area (TPSA) is 89.3 Å². The van der Waals surface area contributed by atoms with Gasteiger partial charge in [-0.05, 0) is 12.1 Å². The number of hydrogen-bond donors (Lipinski definition) is 1. The smallest absolute Gasteiger partial charge is 0.294 e. The lowest BCUT2D eigenvalue weighted by atomic mass is 10.1. The van der Waals surface area contributed by atoms with Crippen LogP contribution < -0.4 is 15.8 Å². The maximum Gasteiger partial charge on any atom is 0.294 e. The van der Waals surface area contributed by atoms with Crippen molar-refractivity contribution in [3.05, 3.63) is 70.8 Å². The van der Waals surface area contributed by atoms with Crippen molar-refractivity contribution in [1.82, 2.24) is 14.8 Å². The van der Waals surface area contributed by atoms with Gasteiger partial charge in [0.05, 0.1) is 23.6 Å². The lowest BCUT2D eigenvalue weighted by Crippen LogP contribution is -2.36. The molecule has 2 aromatic carbocycles. The Hall–Kier alpha value is -3.63. The van der Waals surface area contributed by atoms with Gasteiger partial charge in [-0.1, -0.05) is 53.8 Å². The van der Waals surface area contributed by atoms with Gasteiger partial charge in [0.2, 0.25) is 5.91 Å². The van der Waals surface area contributed by atoms with Crippen molar-refractivity contribution >= 4 is 38.3 Å². The highest BCUT2D eigenvalue weighted by Crippen LogP contribution is 2.33. The highest BCUT2D eigenvalue weighted by Gasteiger charge is 2.22. The van der Waals surface area contributed by atoms with Crippen LogP contribution in [0.1, 0.15) is 0 Å². The summed E-state index contributed by atoms with van der Waals surface area (Å²) < 4.78 is 21.1. The summed E-state index contributed by atoms with van der Waals surface area (Å²) in [6.45, 7) is 2.20. The molecule has 0 unspecified atom stereocenters. The van der Waals surface area contributed by atoms with Crippen molar-refractivity contribution in [1.29, 1.82) is 0 Å². The van der Waals surface area contributed by atoms with E-state index >= 15 is 0 Å². The summed E-state index contributed by atoms with van der Waals surface area (Å²) in [6, 6.07) is 15.3. The Kier molecular flexibility index (Phi) is 5.84. The molecule has 1 amide bonds. The van der Waals surface area contributed by atoms with Crippen LogP contribution in [0.2, 0.25) is 0 Å². The average molecular weight is 466 g/mol. The molecule has 1 N–H and O–H groups in total. The molecule has 8 nitrogen and oxygen atoms in total. The number of amides is 1. The number of ether oxygens (including phenoxy) is 1. The number of para-hydroxylation sites is 1. The second kappa shape index (κ2) is 9.08. The van der Waals surface area contributed by atoms with Crippen molar-refractivity contribution in [2.24, 2.45) is 0 Å². The number of anilines is 2. The Morgan fingerprint density at radius 1 is 1.09 bits per heavy atom. The van der Waals surface area contributed by atoms with Crippen LogP contribution in [-0.4, -0.2) is 47.0 Å². The Labute approximate surface area is 192 Å². The first-order valence-corrected chi connectivity index (χ1v) is 11.3. The molecule has 1 fully saturated rings. The molecule has 0 spiro atoms. The zero-order chi connectivity index (χ0) is 22.8. The third-order valence-corrected chi connectivity index (χ3v) is 6.38. The molecule has 10 heteroatoms. The molecular formula is C23H20FN5O3S. The van der Waals surface area contributed by atoms with Crippen LogP contribution >= 0.6 is 11.3 Å². The van der Waals surface area contributed by atoms with Crippen molar-refractivity contribution in [2.45, 2.75) is 6.54 Å². The Balaban J connectivity index is 1.55. The van der Waals surface area contributed by atoms with Gasteiger partial charge in [-0.3, -0.25) is 9.59 Å². The summed E-state index contributed by atoms with van der Waals surface area (Å²) in [5.74, 6) is -1.11. The van der Waals surface area contributed by atoms with E-state index < -0.39 is 17.3 Å². The molecule has 0 atom stereocenters. The second-order valence-electron chi connectivity index (χ2n) is 7.48. The number of morpholine rings is 1. The van der Waals surface area contributed by atoms with Gasteiger partial charge in [-0.15, -0.1) is 0 Å². The fraction of sp³-hybridized carbons (Fsp3) is 0.217. The summed E-state index contributed by atoms with van der Waals surface area (Å²) in [5, 5.41) is 7.73. The number of rotatable bonds is 5. The highest BCUT2D eigenvalue weighted by molar-refractivity contribution is 7.22. The van der Waals surface area contributed by atoms with Gasteiger partial charge in [0, 0.05) is 18.7 Å². The van der Waals surface area contributed by atoms with E-state index in [1.54, 1.807) is 6.07 Å². The van der Waals surface area contributed by atoms with Crippen LogP contribution in [0.15, 0.2) is 59.4 Å². The van der Waals surface area contributed by atoms with E-state index in [4.69, 9.17) is 4.74 Å². The molecule has 0 radical (unpaired) electrons. The van der Waals surface area contributed by atoms with Gasteiger partial charge in [0.15, 0.2) is 10.6 Å². The van der Waals surface area contributed by atoms with Crippen LogP contribution in [0.3, 0.4) is 0 Å². The minimum atomic E-state index is -0.559. The molecule has 168 valence electrons. The summed E-state index contributed by atoms with van der Waals surface area (Å²) in [6.07, 6.45) is 0. The number of hydrogen-bond acceptors (Lipinski definition) is 7. The highest BCUT2D eigenvalue weighted by atomic mass is 32.1. The van der Waals surface area contributed by atoms with Crippen molar-refractivity contribution in [3.8, 4) is 11.3 Å². The van der Waals surface area contributed by atoms with Crippen molar-refractivity contribution in [2.75, 3.05) is 36.5 Å². The van der Waals surface area contributed by atoms with E-state index in [1.165, 1.54) is 29.5 Å². The minimum Gasteiger partial charge on any atom is -0.378 e. The zero-order valence-electron chi connectivity index (χ0n) is 17.5. The maximum absolute atomic E-state index is 13.9. The number of nitrogens with zero attached hydrogens (tertiary/aromatic N) is 4. The molecule has 3 heterocycles. The Bertz CT molecular complexity index is 1370. The van der Waals surface area contributed by atoms with Crippen LogP contribution in [0, 0.1) is 5.82 Å². The molecule has 1 aliphatic rings. The van der Waals surface area contributed by atoms with Gasteiger partial charge >= 0.3 is 0 Å². The summed E-state index contributed by atoms with van der Waals surface area (Å²) in [5.41, 5.74) is 1.21. The lowest BCUT2D eigenvalue weighted by Gasteiger charge is -2.25. The van der Waals surface area contributed by atoms with E-state index in [1.807, 2.05) is 30.3 Å². The SMILES string of the molecule is O=C(Cn1nc(-c2ccccc2)c2sc(N3CCOCC3)nc2c1=O)Nc1ccccc1F. The van der Waals surface area contributed by atoms with E-state index in [0.717, 1.165) is 15.4 Å². The maximum atomic E-state index is 13.9. The molecule has 1 aliphatic heterocycles. The predicted octanol–water partition coefficient (Wildman–Crippen LogP) is 3.13. The third kappa shape index (κ3) is 4.35. The molecule has 0 saturated carbocycles. The van der Waals surface area contributed by atoms with E-state index in [-0.39, 0.29) is 17.7 Å². The van der Waals surface area contributed by atoms with Crippen LogP contribution in [-0.2, 0) is 16.1 Å². The predicted molar refractivity (Wildman–Crippen MR) is 125 cm³/mol. The van der Waals surface area contributed by atoms with E-state index in [2.05, 4.69) is 20.3 Å². The summed E-state index contributed by atoms with van der Waals surface area (Å²) in [4.78, 5) is 32.5. The standard InChI is InChI=1S/C23H20FN5O3S/c24-16-8-4-5-9-17(16)25-18(30)14-29-22(31)20-21(19(27-29)15-6-2-1-3-7-15)33-23(26-20)28-10-12-32-13-11-28/h1-9H,10-14H2,(H,25,30). The van der Waals surface area contributed by atoms with Gasteiger partial charge in [0.1, 0.15) is 18.1 Å². The van der Waals surface area contributed by atoms with Gasteiger partial charge in [-0.25, -0.2) is 14.1 Å².